The van der Waals surface area contributed by atoms with Gasteiger partial charge in [0.1, 0.15) is 5.69 Å². The van der Waals surface area contributed by atoms with Crippen molar-refractivity contribution in [2.75, 3.05) is 0 Å². The van der Waals surface area contributed by atoms with E-state index in [4.69, 9.17) is 0 Å². The van der Waals surface area contributed by atoms with E-state index in [0.29, 0.717) is 5.69 Å². The second-order valence-corrected chi connectivity index (χ2v) is 4.45. The van der Waals surface area contributed by atoms with E-state index < -0.39 is 12.2 Å². The number of hydrogen-bond donors (Lipinski definition) is 0. The standard InChI is InChI=1S/C10H14F2N2O/c1-10(2,3)7-5-6(14(4)13-7)8(15)9(11)12/h5,9H,1-4H3. The fourth-order valence-electron chi connectivity index (χ4n) is 1.18. The van der Waals surface area contributed by atoms with Crippen LogP contribution < -0.4 is 0 Å². The Bertz CT molecular complexity index is 377. The zero-order valence-corrected chi connectivity index (χ0v) is 9.21. The number of aryl methyl sites for hydroxylation is 1. The summed E-state index contributed by atoms with van der Waals surface area (Å²) in [6, 6.07) is 1.43. The summed E-state index contributed by atoms with van der Waals surface area (Å²) in [7, 11) is 1.49. The Kier molecular flexibility index (Phi) is 2.93. The van der Waals surface area contributed by atoms with Gasteiger partial charge in [-0.3, -0.25) is 9.48 Å². The zero-order chi connectivity index (χ0) is 11.8. The van der Waals surface area contributed by atoms with E-state index in [2.05, 4.69) is 5.10 Å². The molecule has 0 bridgehead atoms. The smallest absolute Gasteiger partial charge is 0.286 e. The van der Waals surface area contributed by atoms with Gasteiger partial charge in [0, 0.05) is 12.5 Å². The molecule has 0 saturated heterocycles. The summed E-state index contributed by atoms with van der Waals surface area (Å²) in [5, 5.41) is 4.05. The molecule has 0 atom stereocenters. The van der Waals surface area contributed by atoms with E-state index in [9.17, 15) is 13.6 Å². The molecule has 0 fully saturated rings. The van der Waals surface area contributed by atoms with Crippen molar-refractivity contribution in [3.05, 3.63) is 17.5 Å². The fraction of sp³-hybridized carbons (Fsp3) is 0.600. The molecule has 1 rings (SSSR count). The number of aromatic nitrogens is 2. The first-order valence-electron chi connectivity index (χ1n) is 4.60. The minimum atomic E-state index is -2.98. The van der Waals surface area contributed by atoms with Crippen LogP contribution in [0.5, 0.6) is 0 Å². The molecule has 0 amide bonds. The lowest BCUT2D eigenvalue weighted by Gasteiger charge is -2.13. The van der Waals surface area contributed by atoms with Crippen molar-refractivity contribution >= 4 is 5.78 Å². The fourth-order valence-corrected chi connectivity index (χ4v) is 1.18. The topological polar surface area (TPSA) is 34.9 Å². The van der Waals surface area contributed by atoms with Crippen LogP contribution >= 0.6 is 0 Å². The second kappa shape index (κ2) is 3.72. The maximum absolute atomic E-state index is 12.2. The van der Waals surface area contributed by atoms with E-state index >= 15 is 0 Å². The largest absolute Gasteiger partial charge is 0.302 e. The molecule has 0 radical (unpaired) electrons. The molecule has 5 heteroatoms. The minimum Gasteiger partial charge on any atom is -0.286 e. The van der Waals surface area contributed by atoms with E-state index in [1.54, 1.807) is 0 Å². The highest BCUT2D eigenvalue weighted by atomic mass is 19.3. The van der Waals surface area contributed by atoms with Crippen molar-refractivity contribution < 1.29 is 13.6 Å². The Hall–Kier alpha value is -1.26. The van der Waals surface area contributed by atoms with Gasteiger partial charge in [0.15, 0.2) is 0 Å². The maximum Gasteiger partial charge on any atom is 0.302 e. The number of nitrogens with zero attached hydrogens (tertiary/aromatic N) is 2. The quantitative estimate of drug-likeness (QED) is 0.710. The molecular weight excluding hydrogens is 202 g/mol. The van der Waals surface area contributed by atoms with Crippen LogP contribution in [-0.4, -0.2) is 22.0 Å². The average Bonchev–Trinajstić information content (AvgIpc) is 2.45. The number of Topliss-reactive ketones (excluding diaryl/α,β-unsaturated/α-hetero) is 1. The highest BCUT2D eigenvalue weighted by molar-refractivity contribution is 5.97. The van der Waals surface area contributed by atoms with Gasteiger partial charge >= 0.3 is 6.43 Å². The SMILES string of the molecule is Cn1nc(C(C)(C)C)cc1C(=O)C(F)F. The number of rotatable bonds is 2. The van der Waals surface area contributed by atoms with Gasteiger partial charge in [-0.15, -0.1) is 0 Å². The van der Waals surface area contributed by atoms with Gasteiger partial charge in [0.25, 0.3) is 0 Å². The lowest BCUT2D eigenvalue weighted by atomic mass is 9.92. The molecule has 84 valence electrons. The Morgan fingerprint density at radius 3 is 2.33 bits per heavy atom. The van der Waals surface area contributed by atoms with Crippen molar-refractivity contribution in [2.24, 2.45) is 7.05 Å². The molecule has 1 aromatic heterocycles. The molecule has 0 N–H and O–H groups in total. The van der Waals surface area contributed by atoms with Crippen LogP contribution in [-0.2, 0) is 12.5 Å². The van der Waals surface area contributed by atoms with E-state index in [-0.39, 0.29) is 11.1 Å². The van der Waals surface area contributed by atoms with Crippen molar-refractivity contribution in [3.8, 4) is 0 Å². The molecule has 0 saturated carbocycles. The van der Waals surface area contributed by atoms with Crippen LogP contribution in [0.3, 0.4) is 0 Å². The monoisotopic (exact) mass is 216 g/mol. The van der Waals surface area contributed by atoms with Crippen LogP contribution in [0.15, 0.2) is 6.07 Å². The van der Waals surface area contributed by atoms with Crippen LogP contribution in [0, 0.1) is 0 Å². The number of carbonyl (C=O) groups excluding carboxylic acids is 1. The van der Waals surface area contributed by atoms with Gasteiger partial charge in [-0.05, 0) is 6.07 Å². The van der Waals surface area contributed by atoms with E-state index in [0.717, 1.165) is 0 Å². The molecule has 1 heterocycles. The predicted molar refractivity (Wildman–Crippen MR) is 52.2 cm³/mol. The van der Waals surface area contributed by atoms with Gasteiger partial charge in [-0.25, -0.2) is 8.78 Å². The first-order chi connectivity index (χ1) is 6.73. The number of hydrogen-bond acceptors (Lipinski definition) is 2. The Labute approximate surface area is 87.1 Å². The summed E-state index contributed by atoms with van der Waals surface area (Å²) >= 11 is 0. The third kappa shape index (κ3) is 2.40. The van der Waals surface area contributed by atoms with Gasteiger partial charge in [0.05, 0.1) is 5.69 Å². The zero-order valence-electron chi connectivity index (χ0n) is 9.21. The molecule has 0 spiro atoms. The summed E-state index contributed by atoms with van der Waals surface area (Å²) < 4.78 is 25.6. The first kappa shape index (κ1) is 11.8. The third-order valence-corrected chi connectivity index (χ3v) is 2.10. The number of ketones is 1. The molecular formula is C10H14F2N2O. The van der Waals surface area contributed by atoms with Crippen molar-refractivity contribution in [1.29, 1.82) is 0 Å². The normalized spacial score (nSPS) is 12.2. The second-order valence-electron chi connectivity index (χ2n) is 4.45. The summed E-state index contributed by atoms with van der Waals surface area (Å²) in [6.45, 7) is 5.73. The van der Waals surface area contributed by atoms with Crippen LogP contribution in [0.2, 0.25) is 0 Å². The third-order valence-electron chi connectivity index (χ3n) is 2.10. The Balaban J connectivity index is 3.13. The van der Waals surface area contributed by atoms with Crippen LogP contribution in [0.4, 0.5) is 8.78 Å². The molecule has 0 aliphatic rings. The highest BCUT2D eigenvalue weighted by Gasteiger charge is 2.25. The van der Waals surface area contributed by atoms with Crippen molar-refractivity contribution in [2.45, 2.75) is 32.6 Å². The molecule has 0 aromatic carbocycles. The number of carbonyl (C=O) groups is 1. The Morgan fingerprint density at radius 1 is 1.47 bits per heavy atom. The summed E-state index contributed by atoms with van der Waals surface area (Å²) in [5.41, 5.74) is 0.335. The van der Waals surface area contributed by atoms with Crippen molar-refractivity contribution in [3.63, 3.8) is 0 Å². The first-order valence-corrected chi connectivity index (χ1v) is 4.60. The lowest BCUT2D eigenvalue weighted by molar-refractivity contribution is 0.0668. The van der Waals surface area contributed by atoms with E-state index in [1.165, 1.54) is 17.8 Å². The van der Waals surface area contributed by atoms with Crippen molar-refractivity contribution in [1.82, 2.24) is 9.78 Å². The molecule has 0 aliphatic carbocycles. The molecule has 0 unspecified atom stereocenters. The van der Waals surface area contributed by atoms with E-state index in [1.807, 2.05) is 20.8 Å². The average molecular weight is 216 g/mol. The molecule has 15 heavy (non-hydrogen) atoms. The van der Waals surface area contributed by atoms with Gasteiger partial charge in [-0.1, -0.05) is 20.8 Å². The highest BCUT2D eigenvalue weighted by Crippen LogP contribution is 2.22. The predicted octanol–water partition coefficient (Wildman–Crippen LogP) is 2.17. The van der Waals surface area contributed by atoms with Gasteiger partial charge in [-0.2, -0.15) is 5.10 Å². The molecule has 0 aliphatic heterocycles. The minimum absolute atomic E-state index is 0.0464. The van der Waals surface area contributed by atoms with Gasteiger partial charge in [0.2, 0.25) is 5.78 Å². The van der Waals surface area contributed by atoms with Crippen LogP contribution in [0.25, 0.3) is 0 Å². The van der Waals surface area contributed by atoms with Crippen LogP contribution in [0.1, 0.15) is 37.0 Å². The Morgan fingerprint density at radius 2 is 2.00 bits per heavy atom. The molecule has 3 nitrogen and oxygen atoms in total. The lowest BCUT2D eigenvalue weighted by Crippen LogP contribution is -2.14. The maximum atomic E-state index is 12.2. The summed E-state index contributed by atoms with van der Waals surface area (Å²) in [4.78, 5) is 11.1. The number of alkyl halides is 2. The van der Waals surface area contributed by atoms with Gasteiger partial charge < -0.3 is 0 Å². The summed E-state index contributed by atoms with van der Waals surface area (Å²) in [6.07, 6.45) is -2.98. The number of halogens is 2. The summed E-state index contributed by atoms with van der Waals surface area (Å²) in [5.74, 6) is -1.18. The molecule has 1 aromatic rings.